The molecule has 2 aliphatic heterocycles. The lowest BCUT2D eigenvalue weighted by Crippen LogP contribution is -2.52. The van der Waals surface area contributed by atoms with Crippen LogP contribution in [-0.2, 0) is 17.7 Å². The summed E-state index contributed by atoms with van der Waals surface area (Å²) in [6.07, 6.45) is 3.93. The lowest BCUT2D eigenvalue weighted by Gasteiger charge is -2.40. The fourth-order valence-electron chi connectivity index (χ4n) is 3.91. The second kappa shape index (κ2) is 6.84. The Morgan fingerprint density at radius 1 is 1.12 bits per heavy atom. The van der Waals surface area contributed by atoms with E-state index in [0.29, 0.717) is 6.42 Å². The van der Waals surface area contributed by atoms with Gasteiger partial charge in [-0.25, -0.2) is 4.79 Å². The summed E-state index contributed by atoms with van der Waals surface area (Å²) >= 11 is 0. The first-order valence-corrected chi connectivity index (χ1v) is 8.89. The Hall–Kier alpha value is -2.40. The minimum atomic E-state index is -0.401. The number of nitrogens with one attached hydrogen (secondary N) is 1. The molecule has 2 fully saturated rings. The molecule has 2 aliphatic rings. The number of ether oxygens (including phenoxy) is 1. The predicted molar refractivity (Wildman–Crippen MR) is 95.0 cm³/mol. The van der Waals surface area contributed by atoms with Crippen LogP contribution >= 0.6 is 0 Å². The van der Waals surface area contributed by atoms with E-state index in [-0.39, 0.29) is 12.1 Å². The summed E-state index contributed by atoms with van der Waals surface area (Å²) < 4.78 is 5.77. The first kappa shape index (κ1) is 16.1. The highest BCUT2D eigenvalue weighted by molar-refractivity contribution is 5.71. The van der Waals surface area contributed by atoms with Crippen molar-refractivity contribution in [3.8, 4) is 0 Å². The Kier molecular flexibility index (Phi) is 4.40. The minimum absolute atomic E-state index is 0.00576. The minimum Gasteiger partial charge on any atom is -0.441 e. The highest BCUT2D eigenvalue weighted by Crippen LogP contribution is 2.35. The van der Waals surface area contributed by atoms with E-state index in [0.717, 1.165) is 38.2 Å². The molecule has 3 heterocycles. The molecule has 5 nitrogen and oxygen atoms in total. The SMILES string of the molecule is O=C1NC(Cc2ccccn2)C2(CCN(Cc3ccccc3)CC2)O1. The van der Waals surface area contributed by atoms with Gasteiger partial charge in [0, 0.05) is 50.8 Å². The van der Waals surface area contributed by atoms with Gasteiger partial charge < -0.3 is 10.1 Å². The first-order valence-electron chi connectivity index (χ1n) is 8.89. The summed E-state index contributed by atoms with van der Waals surface area (Å²) in [5.74, 6) is 0. The van der Waals surface area contributed by atoms with Crippen LogP contribution in [0.1, 0.15) is 24.1 Å². The van der Waals surface area contributed by atoms with Crippen molar-refractivity contribution in [1.29, 1.82) is 0 Å². The molecule has 0 saturated carbocycles. The number of piperidine rings is 1. The Morgan fingerprint density at radius 2 is 1.88 bits per heavy atom. The van der Waals surface area contributed by atoms with Crippen LogP contribution in [0.25, 0.3) is 0 Å². The molecule has 1 N–H and O–H groups in total. The fraction of sp³-hybridized carbons (Fsp3) is 0.400. The zero-order valence-electron chi connectivity index (χ0n) is 14.2. The maximum absolute atomic E-state index is 11.9. The van der Waals surface area contributed by atoms with Crippen LogP contribution in [-0.4, -0.2) is 40.7 Å². The molecule has 0 radical (unpaired) electrons. The molecule has 1 aromatic heterocycles. The molecular formula is C20H23N3O2. The number of hydrogen-bond donors (Lipinski definition) is 1. The maximum atomic E-state index is 11.9. The average molecular weight is 337 g/mol. The summed E-state index contributed by atoms with van der Waals surface area (Å²) in [7, 11) is 0. The second-order valence-electron chi connectivity index (χ2n) is 6.94. The monoisotopic (exact) mass is 337 g/mol. The van der Waals surface area contributed by atoms with Gasteiger partial charge in [-0.15, -0.1) is 0 Å². The van der Waals surface area contributed by atoms with E-state index in [9.17, 15) is 4.79 Å². The molecule has 0 bridgehead atoms. The molecule has 130 valence electrons. The van der Waals surface area contributed by atoms with Crippen LogP contribution in [0.3, 0.4) is 0 Å². The van der Waals surface area contributed by atoms with Crippen LogP contribution in [0.15, 0.2) is 54.7 Å². The van der Waals surface area contributed by atoms with Gasteiger partial charge in [0.15, 0.2) is 0 Å². The molecule has 25 heavy (non-hydrogen) atoms. The summed E-state index contributed by atoms with van der Waals surface area (Å²) in [6, 6.07) is 16.4. The van der Waals surface area contributed by atoms with E-state index in [1.807, 2.05) is 24.3 Å². The van der Waals surface area contributed by atoms with E-state index in [4.69, 9.17) is 4.74 Å². The van der Waals surface area contributed by atoms with E-state index in [1.54, 1.807) is 6.20 Å². The third-order valence-corrected chi connectivity index (χ3v) is 5.31. The average Bonchev–Trinajstić information content (AvgIpc) is 2.94. The van der Waals surface area contributed by atoms with Crippen LogP contribution in [0, 0.1) is 0 Å². The highest BCUT2D eigenvalue weighted by atomic mass is 16.6. The third-order valence-electron chi connectivity index (χ3n) is 5.31. The van der Waals surface area contributed by atoms with Crippen molar-refractivity contribution in [2.24, 2.45) is 0 Å². The molecule has 5 heteroatoms. The number of likely N-dealkylation sites (tertiary alicyclic amines) is 1. The Labute approximate surface area is 148 Å². The fourth-order valence-corrected chi connectivity index (χ4v) is 3.91. The van der Waals surface area contributed by atoms with Gasteiger partial charge >= 0.3 is 6.09 Å². The van der Waals surface area contributed by atoms with Crippen molar-refractivity contribution in [2.45, 2.75) is 37.5 Å². The van der Waals surface area contributed by atoms with E-state index >= 15 is 0 Å². The molecule has 2 saturated heterocycles. The third kappa shape index (κ3) is 3.51. The quantitative estimate of drug-likeness (QED) is 0.932. The van der Waals surface area contributed by atoms with E-state index in [1.165, 1.54) is 5.56 Å². The second-order valence-corrected chi connectivity index (χ2v) is 6.94. The Bertz CT molecular complexity index is 712. The van der Waals surface area contributed by atoms with Gasteiger partial charge in [-0.3, -0.25) is 9.88 Å². The molecule has 1 aromatic carbocycles. The van der Waals surface area contributed by atoms with Gasteiger partial charge in [0.1, 0.15) is 5.60 Å². The van der Waals surface area contributed by atoms with Crippen molar-refractivity contribution < 1.29 is 9.53 Å². The summed E-state index contributed by atoms with van der Waals surface area (Å²) in [5.41, 5.74) is 1.91. The largest absolute Gasteiger partial charge is 0.441 e. The number of amides is 1. The van der Waals surface area contributed by atoms with Crippen molar-refractivity contribution in [1.82, 2.24) is 15.2 Å². The number of carbonyl (C=O) groups excluding carboxylic acids is 1. The van der Waals surface area contributed by atoms with Gasteiger partial charge in [0.2, 0.25) is 0 Å². The maximum Gasteiger partial charge on any atom is 0.408 e. The van der Waals surface area contributed by atoms with Crippen LogP contribution in [0.2, 0.25) is 0 Å². The van der Waals surface area contributed by atoms with Crippen molar-refractivity contribution >= 4 is 6.09 Å². The molecule has 1 spiro atoms. The number of hydrogen-bond acceptors (Lipinski definition) is 4. The van der Waals surface area contributed by atoms with Crippen LogP contribution in [0.5, 0.6) is 0 Å². The number of pyridine rings is 1. The molecule has 0 aliphatic carbocycles. The van der Waals surface area contributed by atoms with Gasteiger partial charge in [-0.2, -0.15) is 0 Å². The van der Waals surface area contributed by atoms with Gasteiger partial charge in [-0.05, 0) is 17.7 Å². The lowest BCUT2D eigenvalue weighted by molar-refractivity contribution is -0.0203. The number of benzene rings is 1. The standard InChI is InChI=1S/C20H23N3O2/c24-19-22-18(14-17-8-4-5-11-21-17)20(25-19)9-12-23(13-10-20)15-16-6-2-1-3-7-16/h1-8,11,18H,9-10,12-15H2,(H,22,24). The number of rotatable bonds is 4. The predicted octanol–water partition coefficient (Wildman–Crippen LogP) is 2.77. The molecular weight excluding hydrogens is 314 g/mol. The van der Waals surface area contributed by atoms with E-state index < -0.39 is 5.60 Å². The normalized spacial score (nSPS) is 22.6. The molecule has 1 atom stereocenters. The van der Waals surface area contributed by atoms with Crippen LogP contribution < -0.4 is 5.32 Å². The van der Waals surface area contributed by atoms with Crippen LogP contribution in [0.4, 0.5) is 4.79 Å². The number of carbonyl (C=O) groups is 1. The topological polar surface area (TPSA) is 54.5 Å². The molecule has 4 rings (SSSR count). The summed E-state index contributed by atoms with van der Waals surface area (Å²) in [6.45, 7) is 2.81. The number of nitrogens with zero attached hydrogens (tertiary/aromatic N) is 2. The summed E-state index contributed by atoms with van der Waals surface area (Å²) in [5, 5.41) is 3.01. The summed E-state index contributed by atoms with van der Waals surface area (Å²) in [4.78, 5) is 18.8. The molecule has 1 amide bonds. The lowest BCUT2D eigenvalue weighted by atomic mass is 9.82. The molecule has 2 aromatic rings. The van der Waals surface area contributed by atoms with Gasteiger partial charge in [0.25, 0.3) is 0 Å². The van der Waals surface area contributed by atoms with Gasteiger partial charge in [0.05, 0.1) is 6.04 Å². The van der Waals surface area contributed by atoms with Crippen molar-refractivity contribution in [3.05, 3.63) is 66.0 Å². The first-order chi connectivity index (χ1) is 12.2. The zero-order valence-corrected chi connectivity index (χ0v) is 14.2. The molecule has 1 unspecified atom stereocenters. The van der Waals surface area contributed by atoms with Crippen molar-refractivity contribution in [3.63, 3.8) is 0 Å². The Morgan fingerprint density at radius 3 is 2.60 bits per heavy atom. The number of alkyl carbamates (subject to hydrolysis) is 1. The van der Waals surface area contributed by atoms with Crippen molar-refractivity contribution in [2.75, 3.05) is 13.1 Å². The highest BCUT2D eigenvalue weighted by Gasteiger charge is 2.50. The van der Waals surface area contributed by atoms with Gasteiger partial charge in [-0.1, -0.05) is 36.4 Å². The number of aromatic nitrogens is 1. The smallest absolute Gasteiger partial charge is 0.408 e. The van der Waals surface area contributed by atoms with E-state index in [2.05, 4.69) is 39.5 Å². The zero-order chi connectivity index (χ0) is 17.1. The Balaban J connectivity index is 1.42.